The predicted octanol–water partition coefficient (Wildman–Crippen LogP) is -7.72. The van der Waals surface area contributed by atoms with Crippen LogP contribution in [-0.2, 0) is 91.2 Å². The molecule has 45 N–H and O–H groups in total. The Hall–Kier alpha value is -15.7. The van der Waals surface area contributed by atoms with Gasteiger partial charge < -0.3 is 173 Å². The first-order chi connectivity index (χ1) is 70.4. The molecule has 0 aromatic heterocycles. The number of hydrogen-bond acceptors (Lipinski definition) is 27. The quantitative estimate of drug-likeness (QED) is 0.00845. The standard InChI is InChI=1S/C92H145N35O19S2/c1-50(128)114-59(18-7-37-108-87(97)98)73(132)116-63(21-10-40-111-90(103)104)77(136)122-68(47-53-25-30-54-14-2-3-15-55(54)44-53)81(140)126-70(49-148)83(142)123-66(45-51-26-31-56(129)32-27-51)79(138)119-61(22-11-41-112-91(105)145)75(134)117-62(20-9-39-110-89(101)102)76(135)121-65(16-4-5-35-93)85(144)127-43-13-24-71(127)84(143)124-67(46-52-28-33-57(130)34-29-52)80(139)120-60(19-8-38-109-88(99)100)74(133)118-64(23-12-42-113-92(106)146)78(137)125-69(48-147)82(141)115-58(72(94)131)17-6-36-107-86(95)96/h2-3,14-15,25-34,44,58-71,129-130,147-148H,4-13,16-24,35-43,45-49,93H2,1H3,(H2,94,131)(H,114,128)(H,115,141)(H,116,132)(H,117,134)(H,118,133)(H,119,138)(H,120,139)(H,121,135)(H,122,136)(H,123,142)(H,124,143)(H,125,137)(H,126,140)(H4,95,96,107)(H4,97,98,108)(H4,99,100,109)(H4,101,102,110)(H4,103,104,111)(H3,105,112,145)(H3,106,113,146)/t58-,59-,60-,61-,62-,63-,64-,65+,66-,67-,68-,69-,70-,71-/m0/s1. The Labute approximate surface area is 866 Å². The summed E-state index contributed by atoms with van der Waals surface area (Å²) >= 11 is 8.71. The third-order valence-electron chi connectivity index (χ3n) is 23.3. The first kappa shape index (κ1) is 123. The number of primary amides is 3. The molecule has 0 unspecified atom stereocenters. The van der Waals surface area contributed by atoms with Gasteiger partial charge in [0, 0.05) is 90.0 Å². The molecule has 5 rings (SSSR count). The highest BCUT2D eigenvalue weighted by molar-refractivity contribution is 7.80. The molecule has 4 aromatic carbocycles. The molecular weight excluding hydrogens is 1960 g/mol. The SMILES string of the molecule is CC(=O)N[C@@H](CCCNC(=N)N)C(=O)N[C@@H](CCCNC(=N)N)C(=O)N[C@@H](Cc1ccc2ccccc2c1)C(=O)N[C@@H](CS)C(=O)N[C@@H](Cc1ccc(O)cc1)C(=O)N[C@@H](CCCNC(N)=O)C(=O)N[C@@H](CCCNC(=N)N)C(=O)N[C@H](CCCCN)C(=O)N1CCC[C@H]1C(=O)N[C@@H](Cc1ccc(O)cc1)C(=O)N[C@@H](CCCNC(=N)N)C(=O)N[C@@H](CCCNC(N)=O)C(=O)N[C@@H](CS)C(=O)N[C@@H](CCCNC(=N)N)C(N)=O. The fourth-order valence-corrected chi connectivity index (χ4v) is 16.2. The van der Waals surface area contributed by atoms with Gasteiger partial charge in [-0.05, 0) is 180 Å². The molecule has 1 saturated heterocycles. The van der Waals surface area contributed by atoms with Gasteiger partial charge in [-0.1, -0.05) is 66.7 Å². The number of hydrogen-bond donors (Lipinski definition) is 38. The highest BCUT2D eigenvalue weighted by atomic mass is 32.1. The highest BCUT2D eigenvalue weighted by Gasteiger charge is 2.42. The second-order valence-corrected chi connectivity index (χ2v) is 35.9. The van der Waals surface area contributed by atoms with Gasteiger partial charge in [0.05, 0.1) is 0 Å². The van der Waals surface area contributed by atoms with E-state index in [0.29, 0.717) is 23.1 Å². The Morgan fingerprint density at radius 2 is 0.608 bits per heavy atom. The number of nitrogens with two attached hydrogens (primary N) is 9. The molecule has 1 aliphatic heterocycles. The number of phenolic OH excluding ortho intramolecular Hbond substituents is 2. The van der Waals surface area contributed by atoms with E-state index in [9.17, 15) is 53.4 Å². The Balaban J connectivity index is 1.50. The van der Waals surface area contributed by atoms with Gasteiger partial charge in [0.25, 0.3) is 0 Å². The monoisotopic (exact) mass is 2110 g/mol. The molecule has 0 saturated carbocycles. The van der Waals surface area contributed by atoms with E-state index in [2.05, 4.69) is 132 Å². The Kier molecular flexibility index (Phi) is 54.5. The Morgan fingerprint density at radius 3 is 0.939 bits per heavy atom. The van der Waals surface area contributed by atoms with Crippen LogP contribution < -0.4 is 158 Å². The van der Waals surface area contributed by atoms with Crippen molar-refractivity contribution in [1.82, 2.24) is 111 Å². The van der Waals surface area contributed by atoms with Crippen molar-refractivity contribution in [1.29, 1.82) is 27.0 Å². The number of unbranched alkanes of at least 4 members (excludes halogenated alkanes) is 1. The largest absolute Gasteiger partial charge is 0.508 e. The molecule has 0 spiro atoms. The lowest BCUT2D eigenvalue weighted by molar-refractivity contribution is -0.142. The fourth-order valence-electron chi connectivity index (χ4n) is 15.7. The zero-order valence-corrected chi connectivity index (χ0v) is 84.2. The topological polar surface area (TPSA) is 928 Å². The third-order valence-corrected chi connectivity index (χ3v) is 24.0. The van der Waals surface area contributed by atoms with Crippen LogP contribution in [0.4, 0.5) is 9.59 Å². The molecular formula is C92H145N35O19S2. The number of nitrogens with zero attached hydrogens (tertiary/aromatic N) is 1. The van der Waals surface area contributed by atoms with Crippen molar-refractivity contribution >= 4 is 166 Å². The van der Waals surface area contributed by atoms with Gasteiger partial charge in [-0.2, -0.15) is 25.3 Å². The molecule has 814 valence electrons. The number of carbonyl (C=O) groups is 17. The highest BCUT2D eigenvalue weighted by Crippen LogP contribution is 2.24. The predicted molar refractivity (Wildman–Crippen MR) is 556 cm³/mol. The first-order valence-electron chi connectivity index (χ1n) is 48.3. The fraction of sp³-hybridized carbons (Fsp3) is 0.522. The van der Waals surface area contributed by atoms with Crippen LogP contribution in [0, 0.1) is 27.0 Å². The van der Waals surface area contributed by atoms with E-state index in [0.717, 1.165) is 10.8 Å². The average Bonchev–Trinajstić information content (AvgIpc) is 1.78. The molecule has 1 heterocycles. The van der Waals surface area contributed by atoms with Crippen LogP contribution in [0.2, 0.25) is 0 Å². The zero-order valence-electron chi connectivity index (χ0n) is 82.5. The Morgan fingerprint density at radius 1 is 0.331 bits per heavy atom. The number of fused-ring (bicyclic) bond motifs is 1. The molecule has 1 aliphatic rings. The minimum absolute atomic E-state index is 0.00555. The zero-order chi connectivity index (χ0) is 109. The van der Waals surface area contributed by atoms with Crippen LogP contribution in [-0.4, -0.2) is 301 Å². The number of thiol groups is 2. The molecule has 54 nitrogen and oxygen atoms in total. The summed E-state index contributed by atoms with van der Waals surface area (Å²) in [7, 11) is 0. The number of aromatic hydroxyl groups is 2. The van der Waals surface area contributed by atoms with Gasteiger partial charge in [-0.15, -0.1) is 0 Å². The number of urea groups is 2. The average molecular weight is 2110 g/mol. The summed E-state index contributed by atoms with van der Waals surface area (Å²) in [6.45, 7) is 1.10. The number of phenols is 2. The van der Waals surface area contributed by atoms with Crippen LogP contribution in [0.3, 0.4) is 0 Å². The summed E-state index contributed by atoms with van der Waals surface area (Å²) in [5, 5.41) is 113. The molecule has 1 fully saturated rings. The van der Waals surface area contributed by atoms with Gasteiger partial charge >= 0.3 is 12.1 Å². The number of carbonyl (C=O) groups excluding carboxylic acids is 17. The van der Waals surface area contributed by atoms with Crippen molar-refractivity contribution in [2.45, 2.75) is 233 Å². The lowest BCUT2D eigenvalue weighted by atomic mass is 10.00. The van der Waals surface area contributed by atoms with Crippen LogP contribution in [0.25, 0.3) is 10.8 Å². The van der Waals surface area contributed by atoms with Crippen molar-refractivity contribution in [2.75, 3.05) is 70.4 Å². The number of amides is 19. The summed E-state index contributed by atoms with van der Waals surface area (Å²) in [5.74, 6) is -17.2. The molecule has 148 heavy (non-hydrogen) atoms. The van der Waals surface area contributed by atoms with E-state index in [1.165, 1.54) is 60.4 Å². The molecule has 0 aliphatic carbocycles. The minimum atomic E-state index is -1.70. The van der Waals surface area contributed by atoms with Crippen LogP contribution in [0.15, 0.2) is 91.0 Å². The van der Waals surface area contributed by atoms with Gasteiger partial charge in [-0.3, -0.25) is 99.0 Å². The van der Waals surface area contributed by atoms with Crippen LogP contribution >= 0.6 is 25.3 Å². The lowest BCUT2D eigenvalue weighted by Gasteiger charge is -2.31. The van der Waals surface area contributed by atoms with E-state index >= 15 is 38.4 Å². The van der Waals surface area contributed by atoms with Crippen molar-refractivity contribution in [3.63, 3.8) is 0 Å². The van der Waals surface area contributed by atoms with Gasteiger partial charge in [0.1, 0.15) is 96.1 Å². The number of guanidine groups is 5. The van der Waals surface area contributed by atoms with Crippen molar-refractivity contribution in [2.24, 2.45) is 51.6 Å². The summed E-state index contributed by atoms with van der Waals surface area (Å²) in [5.41, 5.74) is 51.1. The minimum Gasteiger partial charge on any atom is -0.508 e. The normalized spacial score (nSPS) is 14.6. The summed E-state index contributed by atoms with van der Waals surface area (Å²) in [6, 6.07) is 0.293. The van der Waals surface area contributed by atoms with Crippen LogP contribution in [0.1, 0.15) is 146 Å². The van der Waals surface area contributed by atoms with E-state index in [4.69, 9.17) is 78.6 Å². The smallest absolute Gasteiger partial charge is 0.312 e. The molecule has 19 amide bonds. The summed E-state index contributed by atoms with van der Waals surface area (Å²) < 4.78 is 0. The van der Waals surface area contributed by atoms with E-state index in [-0.39, 0.29) is 222 Å². The lowest BCUT2D eigenvalue weighted by Crippen LogP contribution is -2.61. The number of likely N-dealkylation sites (tertiary alicyclic amines) is 1. The molecule has 0 radical (unpaired) electrons. The number of rotatable bonds is 67. The molecule has 0 bridgehead atoms. The van der Waals surface area contributed by atoms with Gasteiger partial charge in [0.2, 0.25) is 88.6 Å². The second kappa shape index (κ2) is 65.7. The van der Waals surface area contributed by atoms with Crippen molar-refractivity contribution in [3.05, 3.63) is 108 Å². The van der Waals surface area contributed by atoms with E-state index < -0.39 is 209 Å². The van der Waals surface area contributed by atoms with Crippen molar-refractivity contribution in [3.8, 4) is 11.5 Å². The molecule has 14 atom stereocenters. The van der Waals surface area contributed by atoms with Gasteiger partial charge in [0.15, 0.2) is 29.8 Å². The molecule has 56 heteroatoms. The van der Waals surface area contributed by atoms with Crippen molar-refractivity contribution < 1.29 is 91.7 Å². The summed E-state index contributed by atoms with van der Waals surface area (Å²) in [4.78, 5) is 243. The molecule has 4 aromatic rings. The maximum atomic E-state index is 15.5. The maximum absolute atomic E-state index is 15.5. The third kappa shape index (κ3) is 46.6. The second-order valence-electron chi connectivity index (χ2n) is 35.1. The van der Waals surface area contributed by atoms with E-state index in [1.807, 2.05) is 18.2 Å². The number of nitrogens with one attached hydrogen (secondary N) is 25. The maximum Gasteiger partial charge on any atom is 0.312 e. The van der Waals surface area contributed by atoms with E-state index in [1.54, 1.807) is 24.3 Å². The van der Waals surface area contributed by atoms with Crippen LogP contribution in [0.5, 0.6) is 11.5 Å². The van der Waals surface area contributed by atoms with Gasteiger partial charge in [-0.25, -0.2) is 9.59 Å². The Bertz CT molecular complexity index is 5190. The summed E-state index contributed by atoms with van der Waals surface area (Å²) in [6.07, 6.45) is -1.32. The number of benzene rings is 4. The first-order valence-corrected chi connectivity index (χ1v) is 49.6.